The van der Waals surface area contributed by atoms with E-state index in [2.05, 4.69) is 388 Å². The van der Waals surface area contributed by atoms with Crippen molar-refractivity contribution in [3.05, 3.63) is 394 Å². The number of alkyl halides is 3. The van der Waals surface area contributed by atoms with E-state index >= 15 is 13.2 Å². The molecule has 0 unspecified atom stereocenters. The van der Waals surface area contributed by atoms with Crippen LogP contribution in [0.5, 0.6) is 0 Å². The lowest BCUT2D eigenvalue weighted by Gasteiger charge is -2.46. The molecule has 4 aliphatic heterocycles. The Morgan fingerprint density at radius 1 is 0.259 bits per heavy atom. The molecule has 11 heteroatoms. The van der Waals surface area contributed by atoms with Crippen molar-refractivity contribution >= 4 is 143 Å². The lowest BCUT2D eigenvalue weighted by Crippen LogP contribution is -2.64. The second-order valence-corrected chi connectivity index (χ2v) is 28.8. The van der Waals surface area contributed by atoms with Gasteiger partial charge in [-0.2, -0.15) is 13.2 Å². The molecule has 0 aliphatic carbocycles. The van der Waals surface area contributed by atoms with E-state index in [4.69, 9.17) is 0 Å². The van der Waals surface area contributed by atoms with Gasteiger partial charge < -0.3 is 24.5 Å². The summed E-state index contributed by atoms with van der Waals surface area (Å²) in [6.07, 6.45) is -4.60. The van der Waals surface area contributed by atoms with Crippen molar-refractivity contribution in [2.75, 3.05) is 24.5 Å². The fourth-order valence-electron chi connectivity index (χ4n) is 17.1. The molecular formula is C97H64B2F3N5S. The van der Waals surface area contributed by atoms with Crippen LogP contribution in [0, 0.1) is 0 Å². The number of hydrogen-bond donors (Lipinski definition) is 0. The van der Waals surface area contributed by atoms with Crippen LogP contribution in [0.15, 0.2) is 398 Å². The zero-order chi connectivity index (χ0) is 72.0. The van der Waals surface area contributed by atoms with E-state index in [9.17, 15) is 0 Å². The molecule has 0 saturated heterocycles. The second-order valence-electron chi connectivity index (χ2n) is 27.7. The van der Waals surface area contributed by atoms with Gasteiger partial charge in [0.25, 0.3) is 6.71 Å². The highest BCUT2D eigenvalue weighted by Crippen LogP contribution is 2.56. The van der Waals surface area contributed by atoms with E-state index in [1.165, 1.54) is 23.1 Å². The van der Waals surface area contributed by atoms with Crippen LogP contribution < -0.4 is 57.3 Å². The molecule has 4 aliphatic rings. The summed E-state index contributed by atoms with van der Waals surface area (Å²) in [5, 5.41) is 0. The zero-order valence-corrected chi connectivity index (χ0v) is 59.2. The van der Waals surface area contributed by atoms with Gasteiger partial charge in [0.05, 0.1) is 22.6 Å². The summed E-state index contributed by atoms with van der Waals surface area (Å²) in [5.41, 5.74) is 28.3. The van der Waals surface area contributed by atoms with Crippen molar-refractivity contribution in [2.24, 2.45) is 0 Å². The molecule has 5 nitrogen and oxygen atoms in total. The first-order chi connectivity index (χ1) is 53.3. The highest BCUT2D eigenvalue weighted by molar-refractivity contribution is 8.00. The molecule has 108 heavy (non-hydrogen) atoms. The Labute approximate surface area is 631 Å². The Bertz CT molecular complexity index is 5950. The summed E-state index contributed by atoms with van der Waals surface area (Å²) in [4.78, 5) is 14.1. The first-order valence-electron chi connectivity index (χ1n) is 36.5. The smallest absolute Gasteiger partial charge is 0.311 e. The Hall–Kier alpha value is -13.2. The molecule has 0 N–H and O–H groups in total. The maximum Gasteiger partial charge on any atom is 0.416 e. The summed E-state index contributed by atoms with van der Waals surface area (Å²) < 4.78 is 45.9. The Morgan fingerprint density at radius 3 is 1.14 bits per heavy atom. The highest BCUT2D eigenvalue weighted by Gasteiger charge is 2.49. The first kappa shape index (κ1) is 64.4. The zero-order valence-electron chi connectivity index (χ0n) is 58.4. The first-order valence-corrected chi connectivity index (χ1v) is 37.3. The van der Waals surface area contributed by atoms with E-state index in [1.54, 1.807) is 23.9 Å². The van der Waals surface area contributed by atoms with Gasteiger partial charge in [0.2, 0.25) is 6.71 Å². The number of hydrogen-bond acceptors (Lipinski definition) is 6. The van der Waals surface area contributed by atoms with Gasteiger partial charge in [-0.25, -0.2) is 0 Å². The van der Waals surface area contributed by atoms with E-state index in [0.29, 0.717) is 5.69 Å². The predicted molar refractivity (Wildman–Crippen MR) is 446 cm³/mol. The molecule has 16 aromatic rings. The molecule has 0 radical (unpaired) electrons. The number of rotatable bonds is 13. The molecule has 0 atom stereocenters. The standard InChI is InChI=1S/C97H64B2F3N5S/c100-97(101,102)69-55-57-74(58-56-69)106-87-64-91-84(99-81-51-25-27-53-85(81)105(73-45-23-8-24-46-73)90-61-76(62-92(108-91)94(90)99)103(70-39-17-5-18-40-70)71-41-19-6-20-42-71)63-83(87)98-82-52-26-28-54-86(82)107(96-79(67-35-13-3-14-36-67)49-30-50-80(96)68-37-15-4-16-38-68)89-60-75(59-88(106)93(89)98)104(72-43-21-7-22-44-72)95-77(65-31-9-1-10-32-65)47-29-48-78(95)66-33-11-2-12-34-66/h1-64H. The molecule has 0 aromatic heterocycles. The monoisotopic (exact) mass is 1410 g/mol. The molecule has 0 bridgehead atoms. The van der Waals surface area contributed by atoms with E-state index in [-0.39, 0.29) is 6.71 Å². The van der Waals surface area contributed by atoms with Crippen LogP contribution >= 0.6 is 11.8 Å². The largest absolute Gasteiger partial charge is 0.416 e. The normalized spacial score (nSPS) is 12.8. The van der Waals surface area contributed by atoms with Crippen LogP contribution in [0.2, 0.25) is 0 Å². The summed E-state index contributed by atoms with van der Waals surface area (Å²) in [5.74, 6) is 0. The molecule has 20 rings (SSSR count). The lowest BCUT2D eigenvalue weighted by molar-refractivity contribution is -0.137. The summed E-state index contributed by atoms with van der Waals surface area (Å²) in [6, 6.07) is 136. The molecule has 16 aromatic carbocycles. The molecule has 0 amide bonds. The fraction of sp³-hybridized carbons (Fsp3) is 0.0103. The van der Waals surface area contributed by atoms with Crippen molar-refractivity contribution in [1.29, 1.82) is 0 Å². The predicted octanol–water partition coefficient (Wildman–Crippen LogP) is 23.2. The molecule has 0 spiro atoms. The summed E-state index contributed by atoms with van der Waals surface area (Å²) >= 11 is 1.77. The minimum atomic E-state index is -4.60. The Balaban J connectivity index is 0.914. The van der Waals surface area contributed by atoms with Crippen LogP contribution in [0.1, 0.15) is 5.56 Å². The average molecular weight is 1410 g/mol. The molecule has 0 saturated carbocycles. The Kier molecular flexibility index (Phi) is 15.8. The van der Waals surface area contributed by atoms with Crippen LogP contribution in [0.25, 0.3) is 44.5 Å². The van der Waals surface area contributed by atoms with E-state index in [0.717, 1.165) is 156 Å². The number of fused-ring (bicyclic) bond motifs is 8. The summed E-state index contributed by atoms with van der Waals surface area (Å²) in [7, 11) is 0. The molecule has 4 heterocycles. The maximum atomic E-state index is 15.3. The van der Waals surface area contributed by atoms with Gasteiger partial charge in [-0.1, -0.05) is 290 Å². The third kappa shape index (κ3) is 10.8. The molecule has 0 fully saturated rings. The third-order valence-corrected chi connectivity index (χ3v) is 22.8. The summed E-state index contributed by atoms with van der Waals surface area (Å²) in [6.45, 7) is -0.678. The van der Waals surface area contributed by atoms with Crippen LogP contribution in [0.4, 0.5) is 98.5 Å². The minimum absolute atomic E-state index is 0.254. The molecular weight excluding hydrogens is 1350 g/mol. The van der Waals surface area contributed by atoms with Crippen molar-refractivity contribution < 1.29 is 13.2 Å². The van der Waals surface area contributed by atoms with E-state index in [1.807, 2.05) is 0 Å². The number of anilines is 15. The van der Waals surface area contributed by atoms with Gasteiger partial charge in [-0.15, -0.1) is 0 Å². The maximum absolute atomic E-state index is 15.3. The highest BCUT2D eigenvalue weighted by atomic mass is 32.2. The topological polar surface area (TPSA) is 16.2 Å². The van der Waals surface area contributed by atoms with Gasteiger partial charge in [-0.3, -0.25) is 0 Å². The second kappa shape index (κ2) is 26.4. The van der Waals surface area contributed by atoms with Gasteiger partial charge in [-0.05, 0) is 165 Å². The Morgan fingerprint density at radius 2 is 0.639 bits per heavy atom. The van der Waals surface area contributed by atoms with Crippen molar-refractivity contribution in [1.82, 2.24) is 0 Å². The van der Waals surface area contributed by atoms with E-state index < -0.39 is 18.5 Å². The van der Waals surface area contributed by atoms with Crippen molar-refractivity contribution in [3.8, 4) is 44.5 Å². The number of nitrogens with zero attached hydrogens (tertiary/aromatic N) is 5. The number of halogens is 3. The minimum Gasteiger partial charge on any atom is -0.311 e. The van der Waals surface area contributed by atoms with Crippen LogP contribution in [-0.2, 0) is 6.18 Å². The SMILES string of the molecule is FC(F)(F)c1ccc(N2c3cc4c(cc3B3c5ccccc5N(c5c(-c6ccccc6)cccc5-c5ccccc5)c5cc(N(c6ccccc6)c6c(-c7ccccc7)cccc6-c6ccccc6)cc2c53)B2c3ccccc3N(c3ccccc3)c3cc(N(c5ccccc5)c5ccccc5)cc(c32)S4)cc1. The van der Waals surface area contributed by atoms with Gasteiger partial charge >= 0.3 is 6.18 Å². The van der Waals surface area contributed by atoms with Crippen molar-refractivity contribution in [3.63, 3.8) is 0 Å². The van der Waals surface area contributed by atoms with Gasteiger partial charge in [0.1, 0.15) is 0 Å². The van der Waals surface area contributed by atoms with Gasteiger partial charge in [0, 0.05) is 100 Å². The van der Waals surface area contributed by atoms with Crippen LogP contribution in [0.3, 0.4) is 0 Å². The fourth-order valence-corrected chi connectivity index (χ4v) is 18.3. The lowest BCUT2D eigenvalue weighted by atomic mass is 9.31. The third-order valence-electron chi connectivity index (χ3n) is 21.6. The number of para-hydroxylation sites is 8. The number of benzene rings is 16. The van der Waals surface area contributed by atoms with Crippen LogP contribution in [-0.4, -0.2) is 13.4 Å². The quantitative estimate of drug-likeness (QED) is 0.106. The van der Waals surface area contributed by atoms with Gasteiger partial charge in [0.15, 0.2) is 0 Å². The molecule has 510 valence electrons. The average Bonchev–Trinajstić information content (AvgIpc) is 0.686. The van der Waals surface area contributed by atoms with Crippen molar-refractivity contribution in [2.45, 2.75) is 16.0 Å².